The molecule has 1 aliphatic heterocycles. The number of hydrogen-bond acceptors (Lipinski definition) is 4. The van der Waals surface area contributed by atoms with Crippen molar-refractivity contribution >= 4 is 23.6 Å². The standard InChI is InChI=1S/C24H20N2O4/c27-15-14-20(18-10-12-19(13-11-18)26(29)30)24(16-17-6-2-1-3-7-17)21-8-4-5-9-22(21)25-23(24)28/h1-13,15,20H,14,16H2,(H,25,28). The van der Waals surface area contributed by atoms with Crippen molar-refractivity contribution in [2.75, 3.05) is 5.32 Å². The Hall–Kier alpha value is -3.80. The van der Waals surface area contributed by atoms with Crippen molar-refractivity contribution in [1.82, 2.24) is 0 Å². The number of para-hydroxylation sites is 1. The number of non-ortho nitro benzene ring substituents is 1. The third kappa shape index (κ3) is 3.26. The monoisotopic (exact) mass is 400 g/mol. The number of nitrogens with one attached hydrogen (secondary N) is 1. The Bertz CT molecular complexity index is 1100. The van der Waals surface area contributed by atoms with Crippen LogP contribution in [0, 0.1) is 10.1 Å². The fourth-order valence-electron chi connectivity index (χ4n) is 4.45. The summed E-state index contributed by atoms with van der Waals surface area (Å²) in [6.45, 7) is 0. The number of carbonyl (C=O) groups excluding carboxylic acids is 2. The maximum Gasteiger partial charge on any atom is 0.269 e. The minimum absolute atomic E-state index is 0.0306. The predicted molar refractivity (Wildman–Crippen MR) is 113 cm³/mol. The molecule has 6 heteroatoms. The topological polar surface area (TPSA) is 89.3 Å². The number of nitro groups is 1. The first-order chi connectivity index (χ1) is 14.6. The van der Waals surface area contributed by atoms with E-state index in [2.05, 4.69) is 5.32 Å². The van der Waals surface area contributed by atoms with Gasteiger partial charge in [0.05, 0.1) is 10.3 Å². The lowest BCUT2D eigenvalue weighted by Gasteiger charge is -2.36. The highest BCUT2D eigenvalue weighted by atomic mass is 16.6. The molecule has 3 aromatic rings. The van der Waals surface area contributed by atoms with Gasteiger partial charge in [0.15, 0.2) is 0 Å². The SMILES string of the molecule is O=CCC(c1ccc([N+](=O)[O-])cc1)C1(Cc2ccccc2)C(=O)Nc2ccccc21. The summed E-state index contributed by atoms with van der Waals surface area (Å²) in [6.07, 6.45) is 1.34. The largest absolute Gasteiger partial charge is 0.325 e. The number of hydrogen-bond donors (Lipinski definition) is 1. The van der Waals surface area contributed by atoms with E-state index < -0.39 is 16.3 Å². The Morgan fingerprint density at radius 3 is 2.30 bits per heavy atom. The molecule has 0 bridgehead atoms. The van der Waals surface area contributed by atoms with Crippen molar-refractivity contribution in [1.29, 1.82) is 0 Å². The zero-order chi connectivity index (χ0) is 21.1. The molecule has 4 rings (SSSR count). The summed E-state index contributed by atoms with van der Waals surface area (Å²) < 4.78 is 0. The van der Waals surface area contributed by atoms with Crippen LogP contribution in [0.4, 0.5) is 11.4 Å². The lowest BCUT2D eigenvalue weighted by molar-refractivity contribution is -0.384. The number of nitrogens with zero attached hydrogens (tertiary/aromatic N) is 1. The second-order valence-corrected chi connectivity index (χ2v) is 7.44. The Morgan fingerprint density at radius 2 is 1.63 bits per heavy atom. The van der Waals surface area contributed by atoms with Crippen molar-refractivity contribution in [2.24, 2.45) is 0 Å². The summed E-state index contributed by atoms with van der Waals surface area (Å²) in [5.41, 5.74) is 2.23. The number of aldehydes is 1. The normalized spacial score (nSPS) is 18.3. The molecule has 0 fully saturated rings. The average Bonchev–Trinajstić information content (AvgIpc) is 3.05. The van der Waals surface area contributed by atoms with Crippen LogP contribution in [0.2, 0.25) is 0 Å². The molecule has 3 aromatic carbocycles. The van der Waals surface area contributed by atoms with Crippen LogP contribution in [0.5, 0.6) is 0 Å². The van der Waals surface area contributed by atoms with Crippen LogP contribution in [0.25, 0.3) is 0 Å². The molecule has 6 nitrogen and oxygen atoms in total. The zero-order valence-electron chi connectivity index (χ0n) is 16.2. The van der Waals surface area contributed by atoms with E-state index in [1.165, 1.54) is 12.1 Å². The molecule has 0 saturated carbocycles. The van der Waals surface area contributed by atoms with Gasteiger partial charge in [0.25, 0.3) is 5.69 Å². The molecule has 0 radical (unpaired) electrons. The van der Waals surface area contributed by atoms with E-state index in [0.29, 0.717) is 6.42 Å². The molecule has 1 N–H and O–H groups in total. The molecule has 2 unspecified atom stereocenters. The molecule has 0 aromatic heterocycles. The van der Waals surface area contributed by atoms with Gasteiger partial charge in [0.2, 0.25) is 5.91 Å². The van der Waals surface area contributed by atoms with Crippen LogP contribution >= 0.6 is 0 Å². The van der Waals surface area contributed by atoms with Crippen molar-refractivity contribution in [3.63, 3.8) is 0 Å². The molecule has 0 aliphatic carbocycles. The van der Waals surface area contributed by atoms with Gasteiger partial charge in [-0.15, -0.1) is 0 Å². The molecule has 1 aliphatic rings. The molecular formula is C24H20N2O4. The van der Waals surface area contributed by atoms with Gasteiger partial charge >= 0.3 is 0 Å². The van der Waals surface area contributed by atoms with Gasteiger partial charge in [0.1, 0.15) is 6.29 Å². The highest BCUT2D eigenvalue weighted by molar-refractivity contribution is 6.07. The average molecular weight is 400 g/mol. The summed E-state index contributed by atoms with van der Waals surface area (Å²) >= 11 is 0. The van der Waals surface area contributed by atoms with E-state index in [1.807, 2.05) is 54.6 Å². The molecule has 150 valence electrons. The Kier molecular flexibility index (Phi) is 5.14. The van der Waals surface area contributed by atoms with Gasteiger partial charge in [-0.2, -0.15) is 0 Å². The lowest BCUT2D eigenvalue weighted by atomic mass is 9.64. The quantitative estimate of drug-likeness (QED) is 0.362. The van der Waals surface area contributed by atoms with Crippen LogP contribution in [-0.4, -0.2) is 17.1 Å². The van der Waals surface area contributed by atoms with E-state index in [0.717, 1.165) is 28.7 Å². The third-order valence-corrected chi connectivity index (χ3v) is 5.82. The van der Waals surface area contributed by atoms with Gasteiger partial charge in [-0.25, -0.2) is 0 Å². The van der Waals surface area contributed by atoms with E-state index in [-0.39, 0.29) is 18.0 Å². The third-order valence-electron chi connectivity index (χ3n) is 5.82. The van der Waals surface area contributed by atoms with Crippen molar-refractivity contribution < 1.29 is 14.5 Å². The van der Waals surface area contributed by atoms with Crippen LogP contribution in [0.15, 0.2) is 78.9 Å². The maximum atomic E-state index is 13.5. The first-order valence-corrected chi connectivity index (χ1v) is 9.69. The molecule has 2 atom stereocenters. The smallest absolute Gasteiger partial charge is 0.269 e. The Morgan fingerprint density at radius 1 is 0.967 bits per heavy atom. The van der Waals surface area contributed by atoms with Crippen LogP contribution in [0.1, 0.15) is 29.0 Å². The first-order valence-electron chi connectivity index (χ1n) is 9.69. The highest BCUT2D eigenvalue weighted by Gasteiger charge is 2.52. The summed E-state index contributed by atoms with van der Waals surface area (Å²) in [4.78, 5) is 35.8. The second kappa shape index (κ2) is 7.91. The molecule has 1 amide bonds. The van der Waals surface area contributed by atoms with Crippen LogP contribution in [-0.2, 0) is 21.4 Å². The minimum Gasteiger partial charge on any atom is -0.325 e. The van der Waals surface area contributed by atoms with Gasteiger partial charge in [0, 0.05) is 30.2 Å². The molecule has 30 heavy (non-hydrogen) atoms. The first kappa shape index (κ1) is 19.5. The van der Waals surface area contributed by atoms with Gasteiger partial charge in [-0.3, -0.25) is 14.9 Å². The maximum absolute atomic E-state index is 13.5. The highest BCUT2D eigenvalue weighted by Crippen LogP contribution is 2.50. The predicted octanol–water partition coefficient (Wildman–Crippen LogP) is 4.40. The number of nitro benzene ring substituents is 1. The fraction of sp³-hybridized carbons (Fsp3) is 0.167. The van der Waals surface area contributed by atoms with Crippen molar-refractivity contribution in [2.45, 2.75) is 24.2 Å². The van der Waals surface area contributed by atoms with Crippen LogP contribution < -0.4 is 5.32 Å². The van der Waals surface area contributed by atoms with E-state index >= 15 is 0 Å². The Balaban J connectivity index is 1.90. The second-order valence-electron chi connectivity index (χ2n) is 7.44. The van der Waals surface area contributed by atoms with Gasteiger partial charge in [-0.05, 0) is 29.2 Å². The number of amides is 1. The minimum atomic E-state index is -1.00. The fourth-order valence-corrected chi connectivity index (χ4v) is 4.45. The van der Waals surface area contributed by atoms with E-state index in [1.54, 1.807) is 12.1 Å². The number of carbonyl (C=O) groups is 2. The molecule has 0 spiro atoms. The van der Waals surface area contributed by atoms with Gasteiger partial charge < -0.3 is 10.1 Å². The summed E-state index contributed by atoms with van der Waals surface area (Å²) in [5, 5.41) is 14.1. The Labute approximate surface area is 173 Å². The number of rotatable bonds is 7. The number of benzene rings is 3. The molecule has 0 saturated heterocycles. The summed E-state index contributed by atoms with van der Waals surface area (Å²) in [7, 11) is 0. The van der Waals surface area contributed by atoms with E-state index in [9.17, 15) is 19.7 Å². The molecular weight excluding hydrogens is 380 g/mol. The lowest BCUT2D eigenvalue weighted by Crippen LogP contribution is -2.43. The van der Waals surface area contributed by atoms with Gasteiger partial charge in [-0.1, -0.05) is 60.7 Å². The van der Waals surface area contributed by atoms with Crippen molar-refractivity contribution in [3.05, 3.63) is 106 Å². The molecule has 1 heterocycles. The van der Waals surface area contributed by atoms with E-state index in [4.69, 9.17) is 0 Å². The van der Waals surface area contributed by atoms with Crippen molar-refractivity contribution in [3.8, 4) is 0 Å². The number of fused-ring (bicyclic) bond motifs is 1. The summed E-state index contributed by atoms with van der Waals surface area (Å²) in [6, 6.07) is 23.3. The number of anilines is 1. The van der Waals surface area contributed by atoms with Crippen LogP contribution in [0.3, 0.4) is 0 Å². The zero-order valence-corrected chi connectivity index (χ0v) is 16.2. The summed E-state index contributed by atoms with van der Waals surface area (Å²) in [5.74, 6) is -0.641.